The summed E-state index contributed by atoms with van der Waals surface area (Å²) >= 11 is 0. The van der Waals surface area contributed by atoms with Crippen molar-refractivity contribution in [3.05, 3.63) is 30.1 Å². The Bertz CT molecular complexity index is 564. The van der Waals surface area contributed by atoms with Crippen molar-refractivity contribution in [3.8, 4) is 0 Å². The van der Waals surface area contributed by atoms with Crippen molar-refractivity contribution in [2.45, 2.75) is 52.3 Å². The maximum atomic E-state index is 5.66. The van der Waals surface area contributed by atoms with Gasteiger partial charge in [0.15, 0.2) is 0 Å². The first-order valence-electron chi connectivity index (χ1n) is 7.67. The number of fused-ring (bicyclic) bond motifs is 1. The van der Waals surface area contributed by atoms with Crippen LogP contribution in [-0.4, -0.2) is 28.3 Å². The van der Waals surface area contributed by atoms with Crippen molar-refractivity contribution in [2.24, 2.45) is 5.84 Å². The highest BCUT2D eigenvalue weighted by Crippen LogP contribution is 2.17. The molecule has 0 bridgehead atoms. The standard InChI is InChI=1S/C16H26N4O/c1-4-9-20-15-8-6-5-7-14(15)18-16(20)10-13(19-17)11-21-12(2)3/h5-8,12-13,19H,4,9-11,17H2,1-3H3. The van der Waals surface area contributed by atoms with Crippen LogP contribution in [0.15, 0.2) is 24.3 Å². The number of para-hydroxylation sites is 2. The number of benzene rings is 1. The minimum Gasteiger partial charge on any atom is -0.377 e. The van der Waals surface area contributed by atoms with Gasteiger partial charge in [-0.2, -0.15) is 0 Å². The summed E-state index contributed by atoms with van der Waals surface area (Å²) in [5.41, 5.74) is 5.07. The fourth-order valence-corrected chi connectivity index (χ4v) is 2.45. The van der Waals surface area contributed by atoms with E-state index in [-0.39, 0.29) is 12.1 Å². The minimum absolute atomic E-state index is 0.0693. The molecule has 1 heterocycles. The van der Waals surface area contributed by atoms with Crippen molar-refractivity contribution in [2.75, 3.05) is 6.61 Å². The molecule has 5 nitrogen and oxygen atoms in total. The van der Waals surface area contributed by atoms with Gasteiger partial charge in [-0.1, -0.05) is 19.1 Å². The van der Waals surface area contributed by atoms with Gasteiger partial charge < -0.3 is 9.30 Å². The summed E-state index contributed by atoms with van der Waals surface area (Å²) in [7, 11) is 0. The van der Waals surface area contributed by atoms with E-state index in [4.69, 9.17) is 15.6 Å². The monoisotopic (exact) mass is 290 g/mol. The Labute approximate surface area is 126 Å². The summed E-state index contributed by atoms with van der Waals surface area (Å²) in [6.45, 7) is 7.79. The van der Waals surface area contributed by atoms with E-state index in [0.29, 0.717) is 6.61 Å². The highest BCUT2D eigenvalue weighted by molar-refractivity contribution is 5.75. The lowest BCUT2D eigenvalue weighted by Gasteiger charge is -2.18. The van der Waals surface area contributed by atoms with Gasteiger partial charge in [-0.3, -0.25) is 11.3 Å². The third-order valence-electron chi connectivity index (χ3n) is 3.48. The molecule has 0 amide bonds. The van der Waals surface area contributed by atoms with Crippen LogP contribution in [0.5, 0.6) is 0 Å². The molecule has 0 spiro atoms. The summed E-state index contributed by atoms with van der Waals surface area (Å²) < 4.78 is 7.95. The molecule has 1 aromatic heterocycles. The van der Waals surface area contributed by atoms with Crippen molar-refractivity contribution in [3.63, 3.8) is 0 Å². The second-order valence-corrected chi connectivity index (χ2v) is 5.62. The topological polar surface area (TPSA) is 65.1 Å². The van der Waals surface area contributed by atoms with Gasteiger partial charge in [0.25, 0.3) is 0 Å². The highest BCUT2D eigenvalue weighted by atomic mass is 16.5. The van der Waals surface area contributed by atoms with Crippen LogP contribution in [0, 0.1) is 0 Å². The Hall–Kier alpha value is -1.43. The summed E-state index contributed by atoms with van der Waals surface area (Å²) in [4.78, 5) is 4.76. The molecule has 0 saturated carbocycles. The fraction of sp³-hybridized carbons (Fsp3) is 0.562. The van der Waals surface area contributed by atoms with Gasteiger partial charge in [-0.25, -0.2) is 4.98 Å². The summed E-state index contributed by atoms with van der Waals surface area (Å²) in [6.07, 6.45) is 2.05. The molecule has 0 aliphatic rings. The average molecular weight is 290 g/mol. The van der Waals surface area contributed by atoms with E-state index in [1.54, 1.807) is 0 Å². The molecule has 21 heavy (non-hydrogen) atoms. The predicted molar refractivity (Wildman–Crippen MR) is 85.9 cm³/mol. The zero-order valence-electron chi connectivity index (χ0n) is 13.2. The number of nitrogens with one attached hydrogen (secondary N) is 1. The fourth-order valence-electron chi connectivity index (χ4n) is 2.45. The highest BCUT2D eigenvalue weighted by Gasteiger charge is 2.15. The molecule has 2 rings (SSSR count). The Morgan fingerprint density at radius 1 is 1.33 bits per heavy atom. The zero-order chi connectivity index (χ0) is 15.2. The minimum atomic E-state index is 0.0693. The van der Waals surface area contributed by atoms with Crippen LogP contribution in [0.1, 0.15) is 33.0 Å². The van der Waals surface area contributed by atoms with Crippen LogP contribution in [0.25, 0.3) is 11.0 Å². The summed E-state index contributed by atoms with van der Waals surface area (Å²) in [6, 6.07) is 8.33. The zero-order valence-corrected chi connectivity index (χ0v) is 13.2. The molecule has 0 aliphatic carbocycles. The summed E-state index contributed by atoms with van der Waals surface area (Å²) in [5.74, 6) is 6.72. The maximum absolute atomic E-state index is 5.66. The molecule has 3 N–H and O–H groups in total. The number of ether oxygens (including phenoxy) is 1. The Kier molecular flexibility index (Phi) is 5.73. The van der Waals surface area contributed by atoms with Crippen LogP contribution in [0.3, 0.4) is 0 Å². The first kappa shape index (κ1) is 15.9. The van der Waals surface area contributed by atoms with Crippen molar-refractivity contribution in [1.29, 1.82) is 0 Å². The first-order valence-corrected chi connectivity index (χ1v) is 7.67. The predicted octanol–water partition coefficient (Wildman–Crippen LogP) is 2.25. The molecular weight excluding hydrogens is 264 g/mol. The molecule has 1 atom stereocenters. The Morgan fingerprint density at radius 2 is 2.10 bits per heavy atom. The van der Waals surface area contributed by atoms with Gasteiger partial charge in [0.05, 0.1) is 29.8 Å². The lowest BCUT2D eigenvalue weighted by atomic mass is 10.2. The van der Waals surface area contributed by atoms with Crippen molar-refractivity contribution in [1.82, 2.24) is 15.0 Å². The molecule has 0 fully saturated rings. The van der Waals surface area contributed by atoms with E-state index >= 15 is 0 Å². The van der Waals surface area contributed by atoms with Crippen LogP contribution < -0.4 is 11.3 Å². The molecule has 0 aliphatic heterocycles. The lowest BCUT2D eigenvalue weighted by molar-refractivity contribution is 0.0608. The molecule has 5 heteroatoms. The average Bonchev–Trinajstić information content (AvgIpc) is 2.81. The van der Waals surface area contributed by atoms with E-state index in [2.05, 4.69) is 35.1 Å². The molecule has 116 valence electrons. The van der Waals surface area contributed by atoms with Crippen LogP contribution in [-0.2, 0) is 17.7 Å². The molecule has 0 radical (unpaired) electrons. The number of rotatable bonds is 8. The second kappa shape index (κ2) is 7.54. The van der Waals surface area contributed by atoms with E-state index in [1.165, 1.54) is 5.52 Å². The van der Waals surface area contributed by atoms with E-state index in [9.17, 15) is 0 Å². The molecular formula is C16H26N4O. The Balaban J connectivity index is 2.21. The van der Waals surface area contributed by atoms with E-state index in [0.717, 1.165) is 30.7 Å². The van der Waals surface area contributed by atoms with Gasteiger partial charge in [0.1, 0.15) is 5.82 Å². The summed E-state index contributed by atoms with van der Waals surface area (Å²) in [5, 5.41) is 0. The molecule has 1 unspecified atom stereocenters. The van der Waals surface area contributed by atoms with Gasteiger partial charge in [-0.15, -0.1) is 0 Å². The normalized spacial score (nSPS) is 13.2. The lowest BCUT2D eigenvalue weighted by Crippen LogP contribution is -2.41. The molecule has 1 aromatic carbocycles. The number of nitrogens with zero attached hydrogens (tertiary/aromatic N) is 2. The third kappa shape index (κ3) is 4.03. The van der Waals surface area contributed by atoms with Gasteiger partial charge in [-0.05, 0) is 32.4 Å². The number of aryl methyl sites for hydroxylation is 1. The Morgan fingerprint density at radius 3 is 2.76 bits per heavy atom. The molecule has 0 saturated heterocycles. The van der Waals surface area contributed by atoms with Crippen LogP contribution >= 0.6 is 0 Å². The third-order valence-corrected chi connectivity index (χ3v) is 3.48. The maximum Gasteiger partial charge on any atom is 0.111 e. The first-order chi connectivity index (χ1) is 10.2. The SMILES string of the molecule is CCCn1c(CC(COC(C)C)NN)nc2ccccc21. The van der Waals surface area contributed by atoms with Crippen molar-refractivity contribution >= 4 is 11.0 Å². The number of hydrazine groups is 1. The van der Waals surface area contributed by atoms with E-state index in [1.807, 2.05) is 19.9 Å². The van der Waals surface area contributed by atoms with E-state index < -0.39 is 0 Å². The largest absolute Gasteiger partial charge is 0.377 e. The smallest absolute Gasteiger partial charge is 0.111 e. The number of imidazole rings is 1. The number of hydrogen-bond acceptors (Lipinski definition) is 4. The van der Waals surface area contributed by atoms with Gasteiger partial charge in [0.2, 0.25) is 0 Å². The van der Waals surface area contributed by atoms with Gasteiger partial charge in [0, 0.05) is 13.0 Å². The number of nitrogens with two attached hydrogens (primary N) is 1. The quantitative estimate of drug-likeness (QED) is 0.578. The van der Waals surface area contributed by atoms with Crippen LogP contribution in [0.2, 0.25) is 0 Å². The van der Waals surface area contributed by atoms with Gasteiger partial charge >= 0.3 is 0 Å². The number of hydrogen-bond donors (Lipinski definition) is 2. The second-order valence-electron chi connectivity index (χ2n) is 5.62. The number of aromatic nitrogens is 2. The molecule has 2 aromatic rings. The van der Waals surface area contributed by atoms with Crippen molar-refractivity contribution < 1.29 is 4.74 Å². The van der Waals surface area contributed by atoms with Crippen LogP contribution in [0.4, 0.5) is 0 Å².